The van der Waals surface area contributed by atoms with Crippen LogP contribution in [0.25, 0.3) is 0 Å². The standard InChI is InChI=1S/C15H19N3O2S2/c1-9-8-10(16-13(20)15(2,3)4)22-11(9)12(19)17-14-18(5)6-7-21-14/h6-8H,1-5H3,(H,16,20). The summed E-state index contributed by atoms with van der Waals surface area (Å²) in [6, 6.07) is 1.81. The quantitative estimate of drug-likeness (QED) is 0.915. The van der Waals surface area contributed by atoms with E-state index in [1.54, 1.807) is 4.57 Å². The zero-order valence-corrected chi connectivity index (χ0v) is 14.9. The summed E-state index contributed by atoms with van der Waals surface area (Å²) in [5.74, 6) is -0.355. The van der Waals surface area contributed by atoms with E-state index in [1.807, 2.05) is 52.4 Å². The van der Waals surface area contributed by atoms with Gasteiger partial charge in [-0.2, -0.15) is 4.99 Å². The maximum atomic E-state index is 12.3. The molecule has 0 spiro atoms. The third kappa shape index (κ3) is 3.72. The lowest BCUT2D eigenvalue weighted by atomic mass is 9.96. The van der Waals surface area contributed by atoms with Gasteiger partial charge in [-0.05, 0) is 18.6 Å². The minimum atomic E-state index is -0.475. The molecule has 0 aromatic carbocycles. The van der Waals surface area contributed by atoms with E-state index in [1.165, 1.54) is 22.7 Å². The van der Waals surface area contributed by atoms with Crippen LogP contribution in [0.3, 0.4) is 0 Å². The van der Waals surface area contributed by atoms with Crippen LogP contribution in [0.2, 0.25) is 0 Å². The second kappa shape index (κ2) is 6.18. The second-order valence-electron chi connectivity index (χ2n) is 6.04. The fourth-order valence-electron chi connectivity index (χ4n) is 1.63. The Morgan fingerprint density at radius 1 is 1.32 bits per heavy atom. The minimum Gasteiger partial charge on any atom is -0.327 e. The van der Waals surface area contributed by atoms with Crippen molar-refractivity contribution in [3.8, 4) is 0 Å². The van der Waals surface area contributed by atoms with Crippen LogP contribution < -0.4 is 10.1 Å². The maximum Gasteiger partial charge on any atom is 0.290 e. The van der Waals surface area contributed by atoms with Crippen LogP contribution in [0.4, 0.5) is 5.00 Å². The molecule has 2 rings (SSSR count). The molecule has 7 heteroatoms. The normalized spacial score (nSPS) is 12.5. The van der Waals surface area contributed by atoms with Gasteiger partial charge in [-0.3, -0.25) is 9.59 Å². The van der Waals surface area contributed by atoms with Crippen molar-refractivity contribution in [2.75, 3.05) is 5.32 Å². The largest absolute Gasteiger partial charge is 0.327 e. The van der Waals surface area contributed by atoms with Crippen LogP contribution >= 0.6 is 22.7 Å². The molecule has 2 aromatic heterocycles. The molecule has 0 aliphatic rings. The topological polar surface area (TPSA) is 63.5 Å². The number of carbonyl (C=O) groups excluding carboxylic acids is 2. The molecule has 2 heterocycles. The average Bonchev–Trinajstić information content (AvgIpc) is 2.95. The van der Waals surface area contributed by atoms with Gasteiger partial charge in [-0.25, -0.2) is 0 Å². The van der Waals surface area contributed by atoms with Gasteiger partial charge in [-0.1, -0.05) is 20.8 Å². The van der Waals surface area contributed by atoms with E-state index in [0.29, 0.717) is 14.7 Å². The molecule has 0 saturated heterocycles. The molecule has 0 aliphatic heterocycles. The van der Waals surface area contributed by atoms with Gasteiger partial charge in [0.2, 0.25) is 5.91 Å². The van der Waals surface area contributed by atoms with Crippen LogP contribution in [0.1, 0.15) is 36.0 Å². The molecule has 118 valence electrons. The van der Waals surface area contributed by atoms with Crippen molar-refractivity contribution in [1.82, 2.24) is 4.57 Å². The number of carbonyl (C=O) groups is 2. The van der Waals surface area contributed by atoms with Crippen molar-refractivity contribution < 1.29 is 9.59 Å². The molecule has 0 unspecified atom stereocenters. The highest BCUT2D eigenvalue weighted by Crippen LogP contribution is 2.28. The third-order valence-corrected chi connectivity index (χ3v) is 4.98. The molecule has 0 bridgehead atoms. The summed E-state index contributed by atoms with van der Waals surface area (Å²) in [5, 5.41) is 5.40. The van der Waals surface area contributed by atoms with E-state index in [0.717, 1.165) is 5.56 Å². The summed E-state index contributed by atoms with van der Waals surface area (Å²) in [6.07, 6.45) is 1.85. The molecule has 0 radical (unpaired) electrons. The first kappa shape index (κ1) is 16.6. The number of hydrogen-bond acceptors (Lipinski definition) is 4. The number of thiophene rings is 1. The molecule has 5 nitrogen and oxygen atoms in total. The van der Waals surface area contributed by atoms with Gasteiger partial charge in [0.25, 0.3) is 5.91 Å². The number of aryl methyl sites for hydroxylation is 2. The Bertz CT molecular complexity index is 775. The first-order valence-corrected chi connectivity index (χ1v) is 8.49. The highest BCUT2D eigenvalue weighted by atomic mass is 32.1. The summed E-state index contributed by atoms with van der Waals surface area (Å²) in [5.41, 5.74) is 0.346. The lowest BCUT2D eigenvalue weighted by Gasteiger charge is -2.16. The van der Waals surface area contributed by atoms with Crippen LogP contribution in [0, 0.1) is 12.3 Å². The summed E-state index contributed by atoms with van der Waals surface area (Å²) >= 11 is 2.67. The molecular weight excluding hydrogens is 318 g/mol. The third-order valence-electron chi connectivity index (χ3n) is 2.99. The predicted molar refractivity (Wildman–Crippen MR) is 90.3 cm³/mol. The van der Waals surface area contributed by atoms with Crippen molar-refractivity contribution in [2.45, 2.75) is 27.7 Å². The smallest absolute Gasteiger partial charge is 0.290 e. The van der Waals surface area contributed by atoms with Crippen LogP contribution in [0.5, 0.6) is 0 Å². The van der Waals surface area contributed by atoms with Gasteiger partial charge >= 0.3 is 0 Å². The van der Waals surface area contributed by atoms with E-state index in [-0.39, 0.29) is 11.8 Å². The summed E-state index contributed by atoms with van der Waals surface area (Å²) in [6.45, 7) is 7.39. The fraction of sp³-hybridized carbons (Fsp3) is 0.400. The number of hydrogen-bond donors (Lipinski definition) is 1. The van der Waals surface area contributed by atoms with Crippen LogP contribution in [-0.4, -0.2) is 16.4 Å². The number of amides is 2. The fourth-order valence-corrected chi connectivity index (χ4v) is 3.31. The van der Waals surface area contributed by atoms with E-state index in [4.69, 9.17) is 0 Å². The first-order valence-electron chi connectivity index (χ1n) is 6.79. The molecular formula is C15H19N3O2S2. The summed E-state index contributed by atoms with van der Waals surface area (Å²) < 4.78 is 1.80. The van der Waals surface area contributed by atoms with E-state index >= 15 is 0 Å². The Balaban J connectivity index is 2.26. The Labute approximate surface area is 137 Å². The average molecular weight is 337 g/mol. The number of aromatic nitrogens is 1. The van der Waals surface area contributed by atoms with Crippen molar-refractivity contribution in [3.05, 3.63) is 32.9 Å². The zero-order chi connectivity index (χ0) is 16.5. The molecule has 0 atom stereocenters. The lowest BCUT2D eigenvalue weighted by molar-refractivity contribution is -0.123. The van der Waals surface area contributed by atoms with Crippen LogP contribution in [0.15, 0.2) is 22.6 Å². The predicted octanol–water partition coefficient (Wildman–Crippen LogP) is 3.18. The Kier molecular flexibility index (Phi) is 4.67. The van der Waals surface area contributed by atoms with Crippen LogP contribution in [-0.2, 0) is 11.8 Å². The Hall–Kier alpha value is -1.73. The number of rotatable bonds is 2. The molecule has 0 fully saturated rings. The van der Waals surface area contributed by atoms with Crippen molar-refractivity contribution >= 4 is 39.5 Å². The van der Waals surface area contributed by atoms with E-state index < -0.39 is 5.41 Å². The van der Waals surface area contributed by atoms with Crippen molar-refractivity contribution in [3.63, 3.8) is 0 Å². The number of nitrogens with zero attached hydrogens (tertiary/aromatic N) is 2. The number of anilines is 1. The van der Waals surface area contributed by atoms with E-state index in [9.17, 15) is 9.59 Å². The Morgan fingerprint density at radius 2 is 2.00 bits per heavy atom. The van der Waals surface area contributed by atoms with Crippen molar-refractivity contribution in [2.24, 2.45) is 17.5 Å². The lowest BCUT2D eigenvalue weighted by Crippen LogP contribution is -2.27. The maximum absolute atomic E-state index is 12.3. The molecule has 22 heavy (non-hydrogen) atoms. The Morgan fingerprint density at radius 3 is 2.55 bits per heavy atom. The van der Waals surface area contributed by atoms with E-state index in [2.05, 4.69) is 10.3 Å². The number of thiazole rings is 1. The summed E-state index contributed by atoms with van der Waals surface area (Å²) in [7, 11) is 1.85. The second-order valence-corrected chi connectivity index (χ2v) is 7.97. The van der Waals surface area contributed by atoms with Gasteiger partial charge in [0.05, 0.1) is 9.88 Å². The van der Waals surface area contributed by atoms with Gasteiger partial charge in [0.1, 0.15) is 0 Å². The minimum absolute atomic E-state index is 0.0747. The highest BCUT2D eigenvalue weighted by Gasteiger charge is 2.23. The SMILES string of the molecule is Cc1cc(NC(=O)C(C)(C)C)sc1C(=O)N=c1sccn1C. The first-order chi connectivity index (χ1) is 10.2. The molecule has 0 saturated carbocycles. The van der Waals surface area contributed by atoms with Crippen molar-refractivity contribution in [1.29, 1.82) is 0 Å². The number of nitrogens with one attached hydrogen (secondary N) is 1. The monoisotopic (exact) mass is 337 g/mol. The highest BCUT2D eigenvalue weighted by molar-refractivity contribution is 7.18. The molecule has 0 aliphatic carbocycles. The molecule has 2 aromatic rings. The van der Waals surface area contributed by atoms with Gasteiger partial charge in [0, 0.05) is 24.0 Å². The summed E-state index contributed by atoms with van der Waals surface area (Å²) in [4.78, 5) is 29.7. The van der Waals surface area contributed by atoms with Gasteiger partial charge < -0.3 is 9.88 Å². The van der Waals surface area contributed by atoms with Gasteiger partial charge in [-0.15, -0.1) is 22.7 Å². The molecule has 2 amide bonds. The zero-order valence-electron chi connectivity index (χ0n) is 13.3. The molecule has 1 N–H and O–H groups in total. The van der Waals surface area contributed by atoms with Gasteiger partial charge in [0.15, 0.2) is 4.80 Å².